The molecule has 0 bridgehead atoms. The molecule has 3 nitrogen and oxygen atoms in total. The van der Waals surface area contributed by atoms with Gasteiger partial charge in [-0.15, -0.1) is 0 Å². The zero-order valence-corrected chi connectivity index (χ0v) is 11.4. The van der Waals surface area contributed by atoms with Gasteiger partial charge in [0.2, 0.25) is 10.0 Å². The minimum atomic E-state index is -3.67. The van der Waals surface area contributed by atoms with Crippen molar-refractivity contribution in [2.45, 2.75) is 4.90 Å². The van der Waals surface area contributed by atoms with Gasteiger partial charge in [0.1, 0.15) is 0 Å². The van der Waals surface area contributed by atoms with Crippen LogP contribution >= 0.6 is 23.2 Å². The first-order valence-corrected chi connectivity index (χ1v) is 7.26. The molecule has 2 N–H and O–H groups in total. The summed E-state index contributed by atoms with van der Waals surface area (Å²) >= 11 is 11.8. The first-order chi connectivity index (χ1) is 8.36. The molecular formula is C12H9Cl2NO2S. The van der Waals surface area contributed by atoms with Gasteiger partial charge in [-0.05, 0) is 41.5 Å². The molecule has 0 radical (unpaired) electrons. The fourth-order valence-electron chi connectivity index (χ4n) is 1.56. The zero-order valence-electron chi connectivity index (χ0n) is 9.10. The van der Waals surface area contributed by atoms with E-state index in [1.165, 1.54) is 12.1 Å². The monoisotopic (exact) mass is 301 g/mol. The smallest absolute Gasteiger partial charge is 0.225 e. The number of sulfonamides is 1. The van der Waals surface area contributed by atoms with Crippen LogP contribution in [-0.2, 0) is 10.0 Å². The summed E-state index contributed by atoms with van der Waals surface area (Å²) in [5, 5.41) is 6.07. The first-order valence-electron chi connectivity index (χ1n) is 4.95. The number of benzene rings is 2. The number of primary sulfonamides is 1. The van der Waals surface area contributed by atoms with Gasteiger partial charge in [-0.3, -0.25) is 0 Å². The van der Waals surface area contributed by atoms with Crippen molar-refractivity contribution in [2.75, 3.05) is 0 Å². The molecule has 0 aliphatic rings. The third-order valence-electron chi connectivity index (χ3n) is 2.38. The molecule has 0 heterocycles. The van der Waals surface area contributed by atoms with Crippen LogP contribution in [0.3, 0.4) is 0 Å². The molecule has 0 amide bonds. The summed E-state index contributed by atoms with van der Waals surface area (Å²) in [6, 6.07) is 11.3. The van der Waals surface area contributed by atoms with Gasteiger partial charge in [-0.25, -0.2) is 13.6 Å². The fraction of sp³-hybridized carbons (Fsp3) is 0. The predicted molar refractivity (Wildman–Crippen MR) is 73.3 cm³/mol. The number of halogens is 2. The Morgan fingerprint density at radius 2 is 1.33 bits per heavy atom. The van der Waals surface area contributed by atoms with Gasteiger partial charge in [-0.1, -0.05) is 35.3 Å². The number of hydrogen-bond donors (Lipinski definition) is 1. The lowest BCUT2D eigenvalue weighted by Gasteiger charge is -2.04. The van der Waals surface area contributed by atoms with Crippen LogP contribution in [0.15, 0.2) is 47.4 Å². The molecule has 18 heavy (non-hydrogen) atoms. The average molecular weight is 302 g/mol. The van der Waals surface area contributed by atoms with Crippen molar-refractivity contribution < 1.29 is 8.42 Å². The van der Waals surface area contributed by atoms with Crippen molar-refractivity contribution >= 4 is 33.2 Å². The lowest BCUT2D eigenvalue weighted by molar-refractivity contribution is 0.598. The third-order valence-corrected chi connectivity index (χ3v) is 3.74. The Hall–Kier alpha value is -1.07. The second kappa shape index (κ2) is 4.90. The van der Waals surface area contributed by atoms with E-state index in [1.54, 1.807) is 30.3 Å². The molecule has 6 heteroatoms. The average Bonchev–Trinajstić information content (AvgIpc) is 2.27. The number of rotatable bonds is 2. The van der Waals surface area contributed by atoms with E-state index in [-0.39, 0.29) is 4.90 Å². The Balaban J connectivity index is 2.46. The van der Waals surface area contributed by atoms with E-state index in [0.29, 0.717) is 10.0 Å². The molecule has 0 saturated carbocycles. The largest absolute Gasteiger partial charge is 0.238 e. The highest BCUT2D eigenvalue weighted by Gasteiger charge is 2.08. The van der Waals surface area contributed by atoms with Crippen LogP contribution in [0.4, 0.5) is 0 Å². The zero-order chi connectivity index (χ0) is 13.3. The summed E-state index contributed by atoms with van der Waals surface area (Å²) in [5.41, 5.74) is 1.63. The topological polar surface area (TPSA) is 60.2 Å². The molecule has 94 valence electrons. The molecule has 0 fully saturated rings. The minimum absolute atomic E-state index is 0.0689. The van der Waals surface area contributed by atoms with Gasteiger partial charge in [-0.2, -0.15) is 0 Å². The molecule has 0 atom stereocenters. The van der Waals surface area contributed by atoms with E-state index in [4.69, 9.17) is 28.3 Å². The lowest BCUT2D eigenvalue weighted by Crippen LogP contribution is -2.11. The van der Waals surface area contributed by atoms with Crippen LogP contribution in [-0.4, -0.2) is 8.42 Å². The normalized spacial score (nSPS) is 11.5. The summed E-state index contributed by atoms with van der Waals surface area (Å²) in [5.74, 6) is 0. The summed E-state index contributed by atoms with van der Waals surface area (Å²) in [7, 11) is -3.67. The quantitative estimate of drug-likeness (QED) is 0.925. The van der Waals surface area contributed by atoms with E-state index in [0.717, 1.165) is 11.1 Å². The molecule has 0 saturated heterocycles. The van der Waals surface area contributed by atoms with Crippen LogP contribution in [0.1, 0.15) is 0 Å². The highest BCUT2D eigenvalue weighted by atomic mass is 35.5. The summed E-state index contributed by atoms with van der Waals surface area (Å²) in [6.45, 7) is 0. The minimum Gasteiger partial charge on any atom is -0.225 e. The van der Waals surface area contributed by atoms with E-state index in [2.05, 4.69) is 0 Å². The van der Waals surface area contributed by atoms with E-state index < -0.39 is 10.0 Å². The number of nitrogens with two attached hydrogens (primary N) is 1. The molecule has 0 aliphatic carbocycles. The molecule has 0 unspecified atom stereocenters. The lowest BCUT2D eigenvalue weighted by atomic mass is 10.1. The summed E-state index contributed by atoms with van der Waals surface area (Å²) in [4.78, 5) is 0.0689. The van der Waals surface area contributed by atoms with Crippen molar-refractivity contribution in [1.82, 2.24) is 0 Å². The first kappa shape index (κ1) is 13.4. The molecule has 2 rings (SSSR count). The van der Waals surface area contributed by atoms with E-state index in [9.17, 15) is 8.42 Å². The molecule has 0 aromatic heterocycles. The van der Waals surface area contributed by atoms with Crippen molar-refractivity contribution in [3.8, 4) is 11.1 Å². The maximum atomic E-state index is 11.1. The molecule has 0 aliphatic heterocycles. The van der Waals surface area contributed by atoms with Gasteiger partial charge in [0.15, 0.2) is 0 Å². The van der Waals surface area contributed by atoms with Crippen molar-refractivity contribution in [3.05, 3.63) is 52.5 Å². The van der Waals surface area contributed by atoms with Gasteiger partial charge in [0.25, 0.3) is 0 Å². The van der Waals surface area contributed by atoms with E-state index >= 15 is 0 Å². The highest BCUT2D eigenvalue weighted by molar-refractivity contribution is 7.89. The molecule has 2 aromatic rings. The van der Waals surface area contributed by atoms with Crippen LogP contribution < -0.4 is 5.14 Å². The van der Waals surface area contributed by atoms with Crippen molar-refractivity contribution in [1.29, 1.82) is 0 Å². The summed E-state index contributed by atoms with van der Waals surface area (Å²) in [6.07, 6.45) is 0. The Kier molecular flexibility index (Phi) is 3.64. The highest BCUT2D eigenvalue weighted by Crippen LogP contribution is 2.27. The van der Waals surface area contributed by atoms with Gasteiger partial charge >= 0.3 is 0 Å². The van der Waals surface area contributed by atoms with Crippen LogP contribution in [0.25, 0.3) is 11.1 Å². The van der Waals surface area contributed by atoms with Crippen molar-refractivity contribution in [3.63, 3.8) is 0 Å². The standard InChI is InChI=1S/C12H9Cl2NO2S/c13-10-5-9(6-11(14)7-10)8-1-3-12(4-2-8)18(15,16)17/h1-7H,(H2,15,16,17). The second-order valence-corrected chi connectivity index (χ2v) is 6.16. The van der Waals surface area contributed by atoms with Crippen LogP contribution in [0.5, 0.6) is 0 Å². The SMILES string of the molecule is NS(=O)(=O)c1ccc(-c2cc(Cl)cc(Cl)c2)cc1. The summed E-state index contributed by atoms with van der Waals surface area (Å²) < 4.78 is 22.2. The second-order valence-electron chi connectivity index (χ2n) is 3.73. The number of hydrogen-bond acceptors (Lipinski definition) is 2. The van der Waals surface area contributed by atoms with Crippen LogP contribution in [0.2, 0.25) is 10.0 Å². The molecule has 0 spiro atoms. The fourth-order valence-corrected chi connectivity index (χ4v) is 2.60. The third kappa shape index (κ3) is 3.03. The maximum Gasteiger partial charge on any atom is 0.238 e. The van der Waals surface area contributed by atoms with E-state index in [1.807, 2.05) is 0 Å². The molecular weight excluding hydrogens is 293 g/mol. The van der Waals surface area contributed by atoms with Gasteiger partial charge in [0.05, 0.1) is 4.90 Å². The maximum absolute atomic E-state index is 11.1. The Morgan fingerprint density at radius 1 is 0.833 bits per heavy atom. The molecule has 2 aromatic carbocycles. The van der Waals surface area contributed by atoms with Crippen molar-refractivity contribution in [2.24, 2.45) is 5.14 Å². The Labute approximate surface area is 115 Å². The van der Waals surface area contributed by atoms with Crippen LogP contribution in [0, 0.1) is 0 Å². The Bertz CT molecular complexity index is 661. The van der Waals surface area contributed by atoms with Gasteiger partial charge < -0.3 is 0 Å². The van der Waals surface area contributed by atoms with Gasteiger partial charge in [0, 0.05) is 10.0 Å². The Morgan fingerprint density at radius 3 is 1.78 bits per heavy atom. The predicted octanol–water partition coefficient (Wildman–Crippen LogP) is 3.31.